The molecule has 0 radical (unpaired) electrons. The molecule has 2 atom stereocenters. The lowest BCUT2D eigenvalue weighted by atomic mass is 9.95. The van der Waals surface area contributed by atoms with Crippen LogP contribution in [0.25, 0.3) is 11.1 Å². The Morgan fingerprint density at radius 1 is 1.02 bits per heavy atom. The molecule has 0 saturated heterocycles. The number of carbonyl (C=O) groups excluding carboxylic acids is 2. The van der Waals surface area contributed by atoms with Gasteiger partial charge in [0.25, 0.3) is 0 Å². The molecule has 3 aromatic rings. The molecule has 0 saturated carbocycles. The summed E-state index contributed by atoms with van der Waals surface area (Å²) in [5.74, 6) is 1.24. The third-order valence-electron chi connectivity index (χ3n) is 7.68. The first kappa shape index (κ1) is 32.3. The van der Waals surface area contributed by atoms with Crippen LogP contribution in [0.15, 0.2) is 53.5 Å². The molecule has 0 spiro atoms. The number of nitrogens with zero attached hydrogens (tertiary/aromatic N) is 1. The third-order valence-corrected chi connectivity index (χ3v) is 7.68. The summed E-state index contributed by atoms with van der Waals surface area (Å²) in [7, 11) is 4.67. The average Bonchev–Trinajstić information content (AvgIpc) is 3.24. The van der Waals surface area contributed by atoms with Crippen LogP contribution in [-0.2, 0) is 22.4 Å². The average molecular weight is 603 g/mol. The van der Waals surface area contributed by atoms with Gasteiger partial charge in [0.2, 0.25) is 23.0 Å². The number of carbonyl (C=O) groups is 2. The maximum absolute atomic E-state index is 13.8. The van der Waals surface area contributed by atoms with Crippen LogP contribution in [0.1, 0.15) is 56.5 Å². The van der Waals surface area contributed by atoms with E-state index in [1.54, 1.807) is 39.7 Å². The van der Waals surface area contributed by atoms with Crippen molar-refractivity contribution in [2.75, 3.05) is 33.2 Å². The molecule has 4 rings (SSSR count). The minimum atomic E-state index is -0.633. The van der Waals surface area contributed by atoms with E-state index in [1.165, 1.54) is 6.92 Å². The number of rotatable bonds is 12. The Morgan fingerprint density at radius 3 is 2.43 bits per heavy atom. The van der Waals surface area contributed by atoms with Crippen LogP contribution in [0, 0.1) is 5.92 Å². The van der Waals surface area contributed by atoms with Crippen LogP contribution in [0.2, 0.25) is 0 Å². The van der Waals surface area contributed by atoms with E-state index in [4.69, 9.17) is 14.2 Å². The monoisotopic (exact) mass is 602 g/mol. The van der Waals surface area contributed by atoms with Gasteiger partial charge < -0.3 is 30.2 Å². The lowest BCUT2D eigenvalue weighted by Crippen LogP contribution is -2.42. The van der Waals surface area contributed by atoms with Crippen molar-refractivity contribution in [3.8, 4) is 28.4 Å². The molecular formula is C34H42N4O6. The predicted molar refractivity (Wildman–Crippen MR) is 170 cm³/mol. The normalized spacial score (nSPS) is 14.4. The Morgan fingerprint density at radius 2 is 1.80 bits per heavy atom. The molecule has 1 heterocycles. The van der Waals surface area contributed by atoms with Crippen molar-refractivity contribution >= 4 is 17.5 Å². The lowest BCUT2D eigenvalue weighted by molar-refractivity contribution is -0.122. The fraction of sp³-hybridized carbons (Fsp3) is 0.412. The van der Waals surface area contributed by atoms with E-state index in [0.717, 1.165) is 22.4 Å². The third kappa shape index (κ3) is 7.48. The van der Waals surface area contributed by atoms with E-state index in [1.807, 2.05) is 44.2 Å². The van der Waals surface area contributed by atoms with Crippen LogP contribution >= 0.6 is 0 Å². The summed E-state index contributed by atoms with van der Waals surface area (Å²) in [5.41, 5.74) is 3.96. The summed E-state index contributed by atoms with van der Waals surface area (Å²) in [6.07, 6.45) is 4.00. The van der Waals surface area contributed by atoms with Crippen molar-refractivity contribution in [1.82, 2.24) is 15.6 Å². The summed E-state index contributed by atoms with van der Waals surface area (Å²) in [6, 6.07) is 11.6. The quantitative estimate of drug-likeness (QED) is 0.278. The van der Waals surface area contributed by atoms with Gasteiger partial charge >= 0.3 is 0 Å². The number of amides is 2. The molecule has 0 aliphatic heterocycles. The van der Waals surface area contributed by atoms with Gasteiger partial charge in [-0.3, -0.25) is 19.4 Å². The minimum Gasteiger partial charge on any atom is -0.493 e. The highest BCUT2D eigenvalue weighted by Gasteiger charge is 2.30. The zero-order valence-electron chi connectivity index (χ0n) is 26.3. The van der Waals surface area contributed by atoms with Crippen LogP contribution in [0.4, 0.5) is 5.69 Å². The fourth-order valence-electron chi connectivity index (χ4n) is 5.70. The molecule has 3 N–H and O–H groups in total. The van der Waals surface area contributed by atoms with Crippen LogP contribution in [-0.4, -0.2) is 50.7 Å². The molecule has 2 amide bonds. The molecule has 0 unspecified atom stereocenters. The number of hydrogen-bond acceptors (Lipinski definition) is 8. The largest absolute Gasteiger partial charge is 0.493 e. The molecule has 10 heteroatoms. The number of pyridine rings is 1. The summed E-state index contributed by atoms with van der Waals surface area (Å²) in [4.78, 5) is 43.7. The van der Waals surface area contributed by atoms with Gasteiger partial charge in [-0.15, -0.1) is 0 Å². The van der Waals surface area contributed by atoms with Gasteiger partial charge in [-0.25, -0.2) is 0 Å². The number of anilines is 1. The zero-order valence-corrected chi connectivity index (χ0v) is 26.3. The van der Waals surface area contributed by atoms with Crippen molar-refractivity contribution in [3.63, 3.8) is 0 Å². The van der Waals surface area contributed by atoms with E-state index in [0.29, 0.717) is 55.0 Å². The number of aromatic nitrogens is 1. The molecule has 0 bridgehead atoms. The number of nitrogens with one attached hydrogen (secondary N) is 3. The molecule has 1 aliphatic carbocycles. The second-order valence-corrected chi connectivity index (χ2v) is 11.3. The first-order chi connectivity index (χ1) is 21.2. The number of hydrogen-bond donors (Lipinski definition) is 3. The second-order valence-electron chi connectivity index (χ2n) is 11.3. The van der Waals surface area contributed by atoms with Crippen molar-refractivity contribution in [1.29, 1.82) is 0 Å². The Labute approximate surface area is 258 Å². The van der Waals surface area contributed by atoms with E-state index in [2.05, 4.69) is 20.9 Å². The topological polar surface area (TPSA) is 128 Å². The van der Waals surface area contributed by atoms with Gasteiger partial charge in [-0.1, -0.05) is 26.0 Å². The molecule has 1 aromatic heterocycles. The van der Waals surface area contributed by atoms with Gasteiger partial charge in [-0.05, 0) is 72.2 Å². The first-order valence-corrected chi connectivity index (χ1v) is 14.9. The standard InChI is InChI=1S/C34H42N4O6/c1-20(2)17-28(34(41)36-16-14-23-9-7-8-15-35-23)38-27-13-11-24-25(19-29(27)40)26(37-21(3)39)12-10-22-18-30(42-4)32(43-5)33(44-6)31(22)24/h7-9,11,13,15,18-20,26,28H,10,12,14,16-17H2,1-6H3,(H,36,41)(H,37,39)(H,38,40)/t26-,28+/m1/s1. The first-order valence-electron chi connectivity index (χ1n) is 14.9. The van der Waals surface area contributed by atoms with Crippen LogP contribution in [0.5, 0.6) is 17.2 Å². The van der Waals surface area contributed by atoms with Crippen LogP contribution in [0.3, 0.4) is 0 Å². The van der Waals surface area contributed by atoms with E-state index < -0.39 is 12.1 Å². The van der Waals surface area contributed by atoms with Gasteiger partial charge in [0.05, 0.1) is 33.1 Å². The van der Waals surface area contributed by atoms with Gasteiger partial charge in [0, 0.05) is 37.3 Å². The lowest BCUT2D eigenvalue weighted by Gasteiger charge is -2.20. The fourth-order valence-corrected chi connectivity index (χ4v) is 5.70. The Hall–Kier alpha value is -4.60. The van der Waals surface area contributed by atoms with Crippen molar-refractivity contribution in [3.05, 3.63) is 75.7 Å². The van der Waals surface area contributed by atoms with Crippen molar-refractivity contribution < 1.29 is 23.8 Å². The summed E-state index contributed by atoms with van der Waals surface area (Å²) < 4.78 is 17.1. The molecule has 44 heavy (non-hydrogen) atoms. The summed E-state index contributed by atoms with van der Waals surface area (Å²) in [6.45, 7) is 5.95. The SMILES string of the molecule is COc1cc2c(c(OC)c1OC)-c1ccc(N[C@@H](CC(C)C)C(=O)NCCc3ccccn3)c(=O)cc1[C@H](NC(C)=O)CC2. The van der Waals surface area contributed by atoms with Crippen molar-refractivity contribution in [2.45, 2.75) is 58.5 Å². The highest BCUT2D eigenvalue weighted by molar-refractivity contribution is 5.86. The van der Waals surface area contributed by atoms with E-state index >= 15 is 0 Å². The molecule has 10 nitrogen and oxygen atoms in total. The molecule has 1 aliphatic rings. The molecule has 0 fully saturated rings. The van der Waals surface area contributed by atoms with Crippen molar-refractivity contribution in [2.24, 2.45) is 5.92 Å². The van der Waals surface area contributed by atoms with Gasteiger partial charge in [0.15, 0.2) is 11.5 Å². The molecular weight excluding hydrogens is 560 g/mol. The van der Waals surface area contributed by atoms with E-state index in [9.17, 15) is 14.4 Å². The summed E-state index contributed by atoms with van der Waals surface area (Å²) in [5, 5.41) is 9.24. The predicted octanol–water partition coefficient (Wildman–Crippen LogP) is 4.44. The highest BCUT2D eigenvalue weighted by atomic mass is 16.5. The number of benzene rings is 1. The maximum atomic E-state index is 13.8. The van der Waals surface area contributed by atoms with Crippen LogP contribution < -0.4 is 35.6 Å². The molecule has 2 aromatic carbocycles. The Balaban J connectivity index is 1.76. The Bertz CT molecular complexity index is 1540. The smallest absolute Gasteiger partial charge is 0.242 e. The highest BCUT2D eigenvalue weighted by Crippen LogP contribution is 2.50. The second kappa shape index (κ2) is 14.7. The number of ether oxygens (including phenoxy) is 3. The number of fused-ring (bicyclic) bond motifs is 3. The Kier molecular flexibility index (Phi) is 10.8. The number of methoxy groups -OCH3 is 3. The molecule has 234 valence electrons. The minimum absolute atomic E-state index is 0.193. The number of aryl methyl sites for hydroxylation is 1. The van der Waals surface area contributed by atoms with E-state index in [-0.39, 0.29) is 28.8 Å². The summed E-state index contributed by atoms with van der Waals surface area (Å²) >= 11 is 0. The maximum Gasteiger partial charge on any atom is 0.242 e. The van der Waals surface area contributed by atoms with Gasteiger partial charge in [0.1, 0.15) is 6.04 Å². The zero-order chi connectivity index (χ0) is 31.8. The van der Waals surface area contributed by atoms with Gasteiger partial charge in [-0.2, -0.15) is 0 Å².